The standard InChI is InChI=1S/C22H29N3O/c1-18(22(26)24(2)17-19-10-5-3-6-11-19)23-20-12-9-13-21(16-20)25-14-7-4-8-15-25/h3,5-6,9-13,16,18,23H,4,7-8,14-15,17H2,1-2H3. The minimum atomic E-state index is -0.264. The SMILES string of the molecule is CC(Nc1cccc(N2CCCCC2)c1)C(=O)N(C)Cc1ccccc1. The number of benzene rings is 2. The molecule has 1 unspecified atom stereocenters. The number of piperidine rings is 1. The Morgan fingerprint density at radius 1 is 1.08 bits per heavy atom. The molecule has 1 aliphatic rings. The van der Waals surface area contributed by atoms with Crippen LogP contribution in [-0.4, -0.2) is 37.0 Å². The van der Waals surface area contributed by atoms with Crippen LogP contribution in [0, 0.1) is 0 Å². The minimum absolute atomic E-state index is 0.0947. The lowest BCUT2D eigenvalue weighted by Gasteiger charge is -2.29. The van der Waals surface area contributed by atoms with Gasteiger partial charge in [0.05, 0.1) is 0 Å². The van der Waals surface area contributed by atoms with E-state index in [1.54, 1.807) is 4.90 Å². The third-order valence-electron chi connectivity index (χ3n) is 4.96. The average molecular weight is 351 g/mol. The topological polar surface area (TPSA) is 35.6 Å². The summed E-state index contributed by atoms with van der Waals surface area (Å²) in [5.41, 5.74) is 3.39. The van der Waals surface area contributed by atoms with E-state index in [1.807, 2.05) is 50.4 Å². The molecule has 1 saturated heterocycles. The normalized spacial score (nSPS) is 15.4. The first kappa shape index (κ1) is 18.3. The number of carbonyl (C=O) groups excluding carboxylic acids is 1. The van der Waals surface area contributed by atoms with Gasteiger partial charge in [-0.3, -0.25) is 4.79 Å². The molecule has 0 aromatic heterocycles. The summed E-state index contributed by atoms with van der Waals surface area (Å²) in [6, 6.07) is 18.2. The maximum Gasteiger partial charge on any atom is 0.244 e. The Balaban J connectivity index is 1.59. The molecule has 2 aromatic carbocycles. The molecule has 4 heteroatoms. The van der Waals surface area contributed by atoms with Crippen LogP contribution in [0.2, 0.25) is 0 Å². The summed E-state index contributed by atoms with van der Waals surface area (Å²) in [5, 5.41) is 3.37. The molecule has 138 valence electrons. The van der Waals surface area contributed by atoms with Crippen molar-refractivity contribution in [3.63, 3.8) is 0 Å². The molecule has 1 aliphatic heterocycles. The van der Waals surface area contributed by atoms with Crippen molar-refractivity contribution in [1.29, 1.82) is 0 Å². The van der Waals surface area contributed by atoms with Crippen molar-refractivity contribution >= 4 is 17.3 Å². The second-order valence-electron chi connectivity index (χ2n) is 7.14. The Labute approximate surface area is 156 Å². The number of likely N-dealkylation sites (N-methyl/N-ethyl adjacent to an activating group) is 1. The van der Waals surface area contributed by atoms with E-state index in [1.165, 1.54) is 24.9 Å². The molecule has 3 rings (SSSR count). The molecule has 0 bridgehead atoms. The van der Waals surface area contributed by atoms with Crippen LogP contribution in [0.15, 0.2) is 54.6 Å². The maximum absolute atomic E-state index is 12.7. The van der Waals surface area contributed by atoms with Crippen LogP contribution in [0.5, 0.6) is 0 Å². The van der Waals surface area contributed by atoms with E-state index in [4.69, 9.17) is 0 Å². The summed E-state index contributed by atoms with van der Waals surface area (Å²) in [4.78, 5) is 16.9. The van der Waals surface area contributed by atoms with Crippen LogP contribution >= 0.6 is 0 Å². The Kier molecular flexibility index (Phi) is 6.16. The number of amides is 1. The van der Waals surface area contributed by atoms with Gasteiger partial charge in [-0.1, -0.05) is 36.4 Å². The van der Waals surface area contributed by atoms with Crippen molar-refractivity contribution in [2.45, 2.75) is 38.8 Å². The monoisotopic (exact) mass is 351 g/mol. The number of anilines is 2. The average Bonchev–Trinajstić information content (AvgIpc) is 2.69. The van der Waals surface area contributed by atoms with Crippen molar-refractivity contribution in [2.24, 2.45) is 0 Å². The van der Waals surface area contributed by atoms with Gasteiger partial charge in [0.2, 0.25) is 5.91 Å². The lowest BCUT2D eigenvalue weighted by atomic mass is 10.1. The molecule has 0 aliphatic carbocycles. The van der Waals surface area contributed by atoms with Crippen LogP contribution in [0.1, 0.15) is 31.7 Å². The summed E-state index contributed by atoms with van der Waals surface area (Å²) in [7, 11) is 1.86. The van der Waals surface area contributed by atoms with Gasteiger partial charge in [0, 0.05) is 38.1 Å². The van der Waals surface area contributed by atoms with Gasteiger partial charge in [-0.15, -0.1) is 0 Å². The van der Waals surface area contributed by atoms with Gasteiger partial charge in [0.25, 0.3) is 0 Å². The van der Waals surface area contributed by atoms with Crippen molar-refractivity contribution in [2.75, 3.05) is 30.4 Å². The summed E-state index contributed by atoms with van der Waals surface area (Å²) in [6.07, 6.45) is 3.85. The Morgan fingerprint density at radius 3 is 2.54 bits per heavy atom. The first-order chi connectivity index (χ1) is 12.6. The van der Waals surface area contributed by atoms with Crippen molar-refractivity contribution < 1.29 is 4.79 Å². The Morgan fingerprint density at radius 2 is 1.81 bits per heavy atom. The highest BCUT2D eigenvalue weighted by molar-refractivity contribution is 5.84. The molecule has 26 heavy (non-hydrogen) atoms. The third kappa shape index (κ3) is 4.78. The van der Waals surface area contributed by atoms with Crippen LogP contribution in [-0.2, 0) is 11.3 Å². The smallest absolute Gasteiger partial charge is 0.244 e. The highest BCUT2D eigenvalue weighted by atomic mass is 16.2. The third-order valence-corrected chi connectivity index (χ3v) is 4.96. The molecule has 4 nitrogen and oxygen atoms in total. The Hall–Kier alpha value is -2.49. The zero-order valence-electron chi connectivity index (χ0n) is 15.8. The van der Waals surface area contributed by atoms with E-state index < -0.39 is 0 Å². The second kappa shape index (κ2) is 8.75. The second-order valence-corrected chi connectivity index (χ2v) is 7.14. The van der Waals surface area contributed by atoms with Gasteiger partial charge in [-0.2, -0.15) is 0 Å². The summed E-state index contributed by atoms with van der Waals surface area (Å²) >= 11 is 0. The number of hydrogen-bond acceptors (Lipinski definition) is 3. The first-order valence-corrected chi connectivity index (χ1v) is 9.54. The number of carbonyl (C=O) groups is 1. The molecular weight excluding hydrogens is 322 g/mol. The molecule has 0 saturated carbocycles. The van der Waals surface area contributed by atoms with Crippen LogP contribution in [0.4, 0.5) is 11.4 Å². The van der Waals surface area contributed by atoms with Gasteiger partial charge >= 0.3 is 0 Å². The van der Waals surface area contributed by atoms with Gasteiger partial charge in [-0.05, 0) is 49.9 Å². The van der Waals surface area contributed by atoms with Gasteiger partial charge in [0.15, 0.2) is 0 Å². The molecule has 1 heterocycles. The quantitative estimate of drug-likeness (QED) is 0.850. The fourth-order valence-electron chi connectivity index (χ4n) is 3.52. The van der Waals surface area contributed by atoms with Crippen molar-refractivity contribution in [3.8, 4) is 0 Å². The number of rotatable bonds is 6. The van der Waals surface area contributed by atoms with E-state index in [0.29, 0.717) is 6.54 Å². The highest BCUT2D eigenvalue weighted by Crippen LogP contribution is 2.23. The summed E-state index contributed by atoms with van der Waals surface area (Å²) in [6.45, 7) is 4.80. The fraction of sp³-hybridized carbons (Fsp3) is 0.409. The number of nitrogens with one attached hydrogen (secondary N) is 1. The number of hydrogen-bond donors (Lipinski definition) is 1. The minimum Gasteiger partial charge on any atom is -0.374 e. The van der Waals surface area contributed by atoms with E-state index in [0.717, 1.165) is 24.3 Å². The molecule has 0 spiro atoms. The van der Waals surface area contributed by atoms with E-state index in [9.17, 15) is 4.79 Å². The predicted molar refractivity (Wildman–Crippen MR) is 109 cm³/mol. The van der Waals surface area contributed by atoms with Crippen LogP contribution in [0.25, 0.3) is 0 Å². The fourth-order valence-corrected chi connectivity index (χ4v) is 3.52. The molecule has 0 radical (unpaired) electrons. The van der Waals surface area contributed by atoms with Crippen molar-refractivity contribution in [1.82, 2.24) is 4.90 Å². The zero-order chi connectivity index (χ0) is 18.4. The van der Waals surface area contributed by atoms with Crippen LogP contribution in [0.3, 0.4) is 0 Å². The van der Waals surface area contributed by atoms with Gasteiger partial charge in [0.1, 0.15) is 6.04 Å². The molecule has 1 fully saturated rings. The lowest BCUT2D eigenvalue weighted by molar-refractivity contribution is -0.130. The largest absolute Gasteiger partial charge is 0.374 e. The molecular formula is C22H29N3O. The first-order valence-electron chi connectivity index (χ1n) is 9.54. The van der Waals surface area contributed by atoms with E-state index in [-0.39, 0.29) is 11.9 Å². The molecule has 2 aromatic rings. The molecule has 1 amide bonds. The zero-order valence-corrected chi connectivity index (χ0v) is 15.8. The predicted octanol–water partition coefficient (Wildman–Crippen LogP) is 4.14. The number of nitrogens with zero attached hydrogens (tertiary/aromatic N) is 2. The molecule has 1 atom stereocenters. The lowest BCUT2D eigenvalue weighted by Crippen LogP contribution is -2.38. The highest BCUT2D eigenvalue weighted by Gasteiger charge is 2.18. The Bertz CT molecular complexity index is 710. The van der Waals surface area contributed by atoms with E-state index >= 15 is 0 Å². The van der Waals surface area contributed by atoms with E-state index in [2.05, 4.69) is 28.4 Å². The molecule has 1 N–H and O–H groups in total. The van der Waals surface area contributed by atoms with Gasteiger partial charge < -0.3 is 15.1 Å². The van der Waals surface area contributed by atoms with Gasteiger partial charge in [-0.25, -0.2) is 0 Å². The maximum atomic E-state index is 12.7. The van der Waals surface area contributed by atoms with Crippen LogP contribution < -0.4 is 10.2 Å². The summed E-state index contributed by atoms with van der Waals surface area (Å²) < 4.78 is 0. The van der Waals surface area contributed by atoms with Crippen molar-refractivity contribution in [3.05, 3.63) is 60.2 Å². The summed E-state index contributed by atoms with van der Waals surface area (Å²) in [5.74, 6) is 0.0947.